The van der Waals surface area contributed by atoms with Gasteiger partial charge in [0, 0.05) is 19.5 Å². The summed E-state index contributed by atoms with van der Waals surface area (Å²) in [5.74, 6) is -0.334. The zero-order valence-corrected chi connectivity index (χ0v) is 12.3. The fourth-order valence-corrected chi connectivity index (χ4v) is 1.77. The number of aliphatic carboxylic acids is 1. The van der Waals surface area contributed by atoms with Gasteiger partial charge in [-0.25, -0.2) is 0 Å². The van der Waals surface area contributed by atoms with E-state index in [1.165, 1.54) is 0 Å². The van der Waals surface area contributed by atoms with Crippen molar-refractivity contribution in [3.8, 4) is 0 Å². The number of carbonyl (C=O) groups excluding carboxylic acids is 1. The van der Waals surface area contributed by atoms with Gasteiger partial charge in [0.15, 0.2) is 5.69 Å². The standard InChI is InChI=1S/C14H22N4O3/c1-2-15-14(21)11-8-9-12(18-17-11)16-10-6-4-3-5-7-13(19)20/h8-9H,2-7,10H2,1H3,(H,15,21)(H,16,18)(H,19,20). The molecule has 1 heterocycles. The molecule has 0 unspecified atom stereocenters. The van der Waals surface area contributed by atoms with Crippen LogP contribution in [0.25, 0.3) is 0 Å². The predicted octanol–water partition coefficient (Wildman–Crippen LogP) is 1.67. The van der Waals surface area contributed by atoms with Crippen molar-refractivity contribution in [3.63, 3.8) is 0 Å². The lowest BCUT2D eigenvalue weighted by atomic mass is 10.1. The molecule has 1 aromatic heterocycles. The Morgan fingerprint density at radius 3 is 2.52 bits per heavy atom. The second-order valence-electron chi connectivity index (χ2n) is 4.65. The maximum atomic E-state index is 11.5. The quantitative estimate of drug-likeness (QED) is 0.567. The van der Waals surface area contributed by atoms with Crippen LogP contribution in [0, 0.1) is 0 Å². The van der Waals surface area contributed by atoms with Crippen molar-refractivity contribution in [1.82, 2.24) is 15.5 Å². The molecule has 0 fully saturated rings. The van der Waals surface area contributed by atoms with Gasteiger partial charge in [-0.05, 0) is 31.9 Å². The third-order valence-electron chi connectivity index (χ3n) is 2.86. The Morgan fingerprint density at radius 1 is 1.14 bits per heavy atom. The SMILES string of the molecule is CCNC(=O)c1ccc(NCCCCCCC(=O)O)nn1. The number of amides is 1. The molecule has 0 saturated heterocycles. The summed E-state index contributed by atoms with van der Waals surface area (Å²) in [6.45, 7) is 3.16. The highest BCUT2D eigenvalue weighted by molar-refractivity contribution is 5.92. The van der Waals surface area contributed by atoms with Gasteiger partial charge in [0.25, 0.3) is 5.91 Å². The molecule has 0 aliphatic rings. The van der Waals surface area contributed by atoms with E-state index in [9.17, 15) is 9.59 Å². The minimum atomic E-state index is -0.740. The molecule has 0 bridgehead atoms. The molecular weight excluding hydrogens is 272 g/mol. The summed E-state index contributed by atoms with van der Waals surface area (Å²) in [6.07, 6.45) is 3.79. The number of nitrogens with one attached hydrogen (secondary N) is 2. The first-order valence-corrected chi connectivity index (χ1v) is 7.21. The molecule has 7 nitrogen and oxygen atoms in total. The molecule has 0 aromatic carbocycles. The van der Waals surface area contributed by atoms with Gasteiger partial charge in [-0.2, -0.15) is 0 Å². The summed E-state index contributed by atoms with van der Waals surface area (Å²) in [5, 5.41) is 22.1. The van der Waals surface area contributed by atoms with Gasteiger partial charge in [-0.15, -0.1) is 10.2 Å². The Bertz CT molecular complexity index is 448. The monoisotopic (exact) mass is 294 g/mol. The van der Waals surface area contributed by atoms with E-state index in [0.717, 1.165) is 32.2 Å². The van der Waals surface area contributed by atoms with E-state index in [4.69, 9.17) is 5.11 Å². The Labute approximate surface area is 124 Å². The van der Waals surface area contributed by atoms with Crippen molar-refractivity contribution >= 4 is 17.7 Å². The minimum absolute atomic E-state index is 0.227. The van der Waals surface area contributed by atoms with E-state index in [1.807, 2.05) is 6.92 Å². The number of aromatic nitrogens is 2. The lowest BCUT2D eigenvalue weighted by Gasteiger charge is -2.05. The molecule has 1 amide bonds. The van der Waals surface area contributed by atoms with Crippen LogP contribution in [0.3, 0.4) is 0 Å². The highest BCUT2D eigenvalue weighted by atomic mass is 16.4. The third-order valence-corrected chi connectivity index (χ3v) is 2.86. The number of carboxylic acids is 1. The number of rotatable bonds is 10. The van der Waals surface area contributed by atoms with Gasteiger partial charge in [0.2, 0.25) is 0 Å². The Morgan fingerprint density at radius 2 is 1.90 bits per heavy atom. The van der Waals surface area contributed by atoms with E-state index in [2.05, 4.69) is 20.8 Å². The zero-order valence-electron chi connectivity index (χ0n) is 12.3. The summed E-state index contributed by atoms with van der Waals surface area (Å²) in [7, 11) is 0. The van der Waals surface area contributed by atoms with Crippen molar-refractivity contribution in [2.75, 3.05) is 18.4 Å². The lowest BCUT2D eigenvalue weighted by Crippen LogP contribution is -2.24. The summed E-state index contributed by atoms with van der Waals surface area (Å²) in [4.78, 5) is 21.8. The van der Waals surface area contributed by atoms with Crippen LogP contribution in [0.2, 0.25) is 0 Å². The summed E-state index contributed by atoms with van der Waals surface area (Å²) in [5.41, 5.74) is 0.302. The van der Waals surface area contributed by atoms with Crippen LogP contribution in [0.1, 0.15) is 49.5 Å². The van der Waals surface area contributed by atoms with Crippen molar-refractivity contribution in [2.24, 2.45) is 0 Å². The highest BCUT2D eigenvalue weighted by Gasteiger charge is 2.06. The normalized spacial score (nSPS) is 10.1. The van der Waals surface area contributed by atoms with Crippen LogP contribution < -0.4 is 10.6 Å². The number of anilines is 1. The van der Waals surface area contributed by atoms with E-state index in [0.29, 0.717) is 18.1 Å². The Kier molecular flexibility index (Phi) is 7.78. The van der Waals surface area contributed by atoms with Crippen LogP contribution >= 0.6 is 0 Å². The first-order chi connectivity index (χ1) is 10.1. The number of nitrogens with zero attached hydrogens (tertiary/aromatic N) is 2. The van der Waals surface area contributed by atoms with E-state index in [1.54, 1.807) is 12.1 Å². The second kappa shape index (κ2) is 9.68. The number of hydrogen-bond acceptors (Lipinski definition) is 5. The Hall–Kier alpha value is -2.18. The van der Waals surface area contributed by atoms with Crippen molar-refractivity contribution in [3.05, 3.63) is 17.8 Å². The van der Waals surface area contributed by atoms with Gasteiger partial charge < -0.3 is 15.7 Å². The van der Waals surface area contributed by atoms with E-state index >= 15 is 0 Å². The van der Waals surface area contributed by atoms with Gasteiger partial charge in [-0.1, -0.05) is 12.8 Å². The second-order valence-corrected chi connectivity index (χ2v) is 4.65. The first-order valence-electron chi connectivity index (χ1n) is 7.21. The molecule has 7 heteroatoms. The molecule has 1 rings (SSSR count). The molecule has 0 aliphatic heterocycles. The molecule has 3 N–H and O–H groups in total. The molecule has 21 heavy (non-hydrogen) atoms. The maximum absolute atomic E-state index is 11.5. The highest BCUT2D eigenvalue weighted by Crippen LogP contribution is 2.05. The average Bonchev–Trinajstić information content (AvgIpc) is 2.47. The molecule has 0 atom stereocenters. The van der Waals surface area contributed by atoms with Crippen LogP contribution in [0.4, 0.5) is 5.82 Å². The smallest absolute Gasteiger partial charge is 0.303 e. The first kappa shape index (κ1) is 16.9. The lowest BCUT2D eigenvalue weighted by molar-refractivity contribution is -0.137. The molecule has 0 saturated carbocycles. The topological polar surface area (TPSA) is 104 Å². The van der Waals surface area contributed by atoms with Gasteiger partial charge in [0.05, 0.1) is 0 Å². The molecule has 1 aromatic rings. The largest absolute Gasteiger partial charge is 0.481 e. The van der Waals surface area contributed by atoms with Crippen molar-refractivity contribution < 1.29 is 14.7 Å². The van der Waals surface area contributed by atoms with Crippen LogP contribution in [0.5, 0.6) is 0 Å². The average molecular weight is 294 g/mol. The minimum Gasteiger partial charge on any atom is -0.481 e. The fraction of sp³-hybridized carbons (Fsp3) is 0.571. The summed E-state index contributed by atoms with van der Waals surface area (Å²) >= 11 is 0. The van der Waals surface area contributed by atoms with Crippen LogP contribution in [-0.2, 0) is 4.79 Å². The van der Waals surface area contributed by atoms with Gasteiger partial charge in [0.1, 0.15) is 5.82 Å². The van der Waals surface area contributed by atoms with Crippen molar-refractivity contribution in [1.29, 1.82) is 0 Å². The number of unbranched alkanes of at least 4 members (excludes halogenated alkanes) is 3. The van der Waals surface area contributed by atoms with E-state index < -0.39 is 5.97 Å². The van der Waals surface area contributed by atoms with E-state index in [-0.39, 0.29) is 12.3 Å². The Balaban J connectivity index is 2.18. The third kappa shape index (κ3) is 7.24. The fourth-order valence-electron chi connectivity index (χ4n) is 1.77. The summed E-state index contributed by atoms with van der Waals surface area (Å²) in [6, 6.07) is 3.36. The molecular formula is C14H22N4O3. The zero-order chi connectivity index (χ0) is 15.5. The molecule has 0 aliphatic carbocycles. The predicted molar refractivity (Wildman–Crippen MR) is 79.2 cm³/mol. The molecule has 0 spiro atoms. The van der Waals surface area contributed by atoms with Gasteiger partial charge in [-0.3, -0.25) is 9.59 Å². The maximum Gasteiger partial charge on any atom is 0.303 e. The van der Waals surface area contributed by atoms with Gasteiger partial charge >= 0.3 is 5.97 Å². The molecule has 116 valence electrons. The summed E-state index contributed by atoms with van der Waals surface area (Å²) < 4.78 is 0. The molecule has 0 radical (unpaired) electrons. The number of carbonyl (C=O) groups is 2. The number of hydrogen-bond donors (Lipinski definition) is 3. The van der Waals surface area contributed by atoms with Crippen molar-refractivity contribution in [2.45, 2.75) is 39.0 Å². The number of carboxylic acid groups (broad SMARTS) is 1. The van der Waals surface area contributed by atoms with Crippen LogP contribution in [-0.4, -0.2) is 40.3 Å². The van der Waals surface area contributed by atoms with Crippen LogP contribution in [0.15, 0.2) is 12.1 Å².